The molecule has 1 aromatic rings. The Kier molecular flexibility index (Phi) is 4.57. The minimum Gasteiger partial charge on any atom is -0.324 e. The van der Waals surface area contributed by atoms with E-state index in [1.807, 2.05) is 0 Å². The zero-order valence-corrected chi connectivity index (χ0v) is 13.5. The van der Waals surface area contributed by atoms with Crippen molar-refractivity contribution in [1.82, 2.24) is 4.90 Å². The van der Waals surface area contributed by atoms with E-state index in [1.165, 1.54) is 0 Å². The lowest BCUT2D eigenvalue weighted by molar-refractivity contribution is 0.0644. The predicted molar refractivity (Wildman–Crippen MR) is 81.8 cm³/mol. The summed E-state index contributed by atoms with van der Waals surface area (Å²) in [6.45, 7) is 3.44. The smallest absolute Gasteiger partial charge is 0.324 e. The van der Waals surface area contributed by atoms with E-state index < -0.39 is 24.6 Å². The van der Waals surface area contributed by atoms with Gasteiger partial charge in [-0.2, -0.15) is 0 Å². The van der Waals surface area contributed by atoms with Crippen LogP contribution in [0.2, 0.25) is 0 Å². The quantitative estimate of drug-likeness (QED) is 0.618. The lowest BCUT2D eigenvalue weighted by Gasteiger charge is -2.33. The molecule has 2 amide bonds. The van der Waals surface area contributed by atoms with E-state index in [4.69, 9.17) is 0 Å². The maximum atomic E-state index is 12.3. The van der Waals surface area contributed by atoms with Crippen LogP contribution in [0.15, 0.2) is 24.3 Å². The van der Waals surface area contributed by atoms with Gasteiger partial charge in [-0.1, -0.05) is 26.0 Å². The molecule has 0 spiro atoms. The Labute approximate surface area is 129 Å². The maximum absolute atomic E-state index is 12.3. The largest absolute Gasteiger partial charge is 0.331 e. The van der Waals surface area contributed by atoms with Crippen LogP contribution in [0.4, 0.5) is 0 Å². The van der Waals surface area contributed by atoms with E-state index in [-0.39, 0.29) is 25.8 Å². The van der Waals surface area contributed by atoms with Crippen LogP contribution in [-0.2, 0) is 4.57 Å². The van der Waals surface area contributed by atoms with Gasteiger partial charge >= 0.3 is 7.60 Å². The standard InChI is InChI=1S/C15H20NO5P/c1-3-15(4-2,22(19,20)21)9-10-16-13(17)11-7-5-6-8-12(11)14(16)18/h5-8H,3-4,9-10H2,1-2H3,(H2,19,20,21). The first-order chi connectivity index (χ1) is 10.3. The summed E-state index contributed by atoms with van der Waals surface area (Å²) < 4.78 is 11.8. The maximum Gasteiger partial charge on any atom is 0.331 e. The molecule has 7 heteroatoms. The molecule has 0 fully saturated rings. The molecule has 0 aliphatic carbocycles. The van der Waals surface area contributed by atoms with E-state index in [9.17, 15) is 23.9 Å². The molecule has 1 aromatic carbocycles. The molecule has 6 nitrogen and oxygen atoms in total. The normalized spacial score (nSPS) is 15.4. The Morgan fingerprint density at radius 2 is 1.50 bits per heavy atom. The second-order valence-electron chi connectivity index (χ2n) is 5.53. The van der Waals surface area contributed by atoms with Gasteiger partial charge in [-0.15, -0.1) is 0 Å². The number of hydrogen-bond donors (Lipinski definition) is 2. The Hall–Kier alpha value is -1.49. The lowest BCUT2D eigenvalue weighted by atomic mass is 9.98. The van der Waals surface area contributed by atoms with Gasteiger partial charge in [-0.3, -0.25) is 19.1 Å². The summed E-state index contributed by atoms with van der Waals surface area (Å²) >= 11 is 0. The molecule has 1 aliphatic heterocycles. The Balaban J connectivity index is 2.21. The van der Waals surface area contributed by atoms with Crippen LogP contribution >= 0.6 is 7.60 Å². The van der Waals surface area contributed by atoms with Crippen molar-refractivity contribution in [2.45, 2.75) is 38.3 Å². The van der Waals surface area contributed by atoms with Gasteiger partial charge in [0.05, 0.1) is 16.3 Å². The fourth-order valence-electron chi connectivity index (χ4n) is 2.92. The summed E-state index contributed by atoms with van der Waals surface area (Å²) in [4.78, 5) is 44.9. The zero-order valence-electron chi connectivity index (χ0n) is 12.7. The summed E-state index contributed by atoms with van der Waals surface area (Å²) in [5.41, 5.74) is 0.699. The van der Waals surface area contributed by atoms with Crippen molar-refractivity contribution in [1.29, 1.82) is 0 Å². The predicted octanol–water partition coefficient (Wildman–Crippen LogP) is 2.41. The first-order valence-electron chi connectivity index (χ1n) is 7.28. The molecule has 1 heterocycles. The molecule has 0 saturated carbocycles. The van der Waals surface area contributed by atoms with E-state index in [1.54, 1.807) is 38.1 Å². The summed E-state index contributed by atoms with van der Waals surface area (Å²) in [5.74, 6) is -0.792. The van der Waals surface area contributed by atoms with Gasteiger partial charge in [0, 0.05) is 6.54 Å². The summed E-state index contributed by atoms with van der Waals surface area (Å²) in [6, 6.07) is 6.55. The van der Waals surface area contributed by atoms with Crippen molar-refractivity contribution in [3.05, 3.63) is 35.4 Å². The number of imide groups is 1. The van der Waals surface area contributed by atoms with Crippen LogP contribution in [0, 0.1) is 0 Å². The number of hydrogen-bond acceptors (Lipinski definition) is 3. The highest BCUT2D eigenvalue weighted by molar-refractivity contribution is 7.53. The van der Waals surface area contributed by atoms with Crippen LogP contribution in [0.5, 0.6) is 0 Å². The lowest BCUT2D eigenvalue weighted by Crippen LogP contribution is -2.37. The highest BCUT2D eigenvalue weighted by atomic mass is 31.2. The SMILES string of the molecule is CCC(CC)(CCN1C(=O)c2ccccc2C1=O)P(=O)(O)O. The molecule has 0 aromatic heterocycles. The average Bonchev–Trinajstić information content (AvgIpc) is 2.72. The Morgan fingerprint density at radius 1 is 1.05 bits per heavy atom. The molecule has 120 valence electrons. The van der Waals surface area contributed by atoms with Gasteiger partial charge in [0.25, 0.3) is 11.8 Å². The van der Waals surface area contributed by atoms with Crippen molar-refractivity contribution in [3.8, 4) is 0 Å². The molecule has 0 unspecified atom stereocenters. The molecule has 22 heavy (non-hydrogen) atoms. The molecule has 0 atom stereocenters. The molecular formula is C15H20NO5P. The van der Waals surface area contributed by atoms with Crippen molar-refractivity contribution in [2.75, 3.05) is 6.54 Å². The van der Waals surface area contributed by atoms with Gasteiger partial charge in [-0.05, 0) is 31.4 Å². The molecular weight excluding hydrogens is 305 g/mol. The third-order valence-electron chi connectivity index (χ3n) is 4.61. The van der Waals surface area contributed by atoms with Crippen LogP contribution < -0.4 is 0 Å². The molecule has 0 bridgehead atoms. The molecule has 2 rings (SSSR count). The van der Waals surface area contributed by atoms with Crippen LogP contribution in [0.1, 0.15) is 53.8 Å². The van der Waals surface area contributed by atoms with Crippen molar-refractivity contribution in [2.24, 2.45) is 0 Å². The van der Waals surface area contributed by atoms with Gasteiger partial charge in [0.1, 0.15) is 0 Å². The molecule has 0 radical (unpaired) electrons. The first-order valence-corrected chi connectivity index (χ1v) is 8.89. The van der Waals surface area contributed by atoms with Crippen molar-refractivity contribution >= 4 is 19.4 Å². The minimum absolute atomic E-state index is 0.0130. The Bertz CT molecular complexity index is 612. The van der Waals surface area contributed by atoms with Gasteiger partial charge < -0.3 is 9.79 Å². The number of rotatable bonds is 6. The van der Waals surface area contributed by atoms with Gasteiger partial charge in [0.2, 0.25) is 0 Å². The number of benzene rings is 1. The minimum atomic E-state index is -4.33. The average molecular weight is 325 g/mol. The number of amides is 2. The first kappa shape index (κ1) is 16.9. The summed E-state index contributed by atoms with van der Waals surface area (Å²) in [5, 5.41) is -1.19. The number of carbonyl (C=O) groups is 2. The highest BCUT2D eigenvalue weighted by Gasteiger charge is 2.45. The fraction of sp³-hybridized carbons (Fsp3) is 0.467. The second kappa shape index (κ2) is 5.95. The molecule has 2 N–H and O–H groups in total. The van der Waals surface area contributed by atoms with Crippen molar-refractivity contribution in [3.63, 3.8) is 0 Å². The second-order valence-corrected chi connectivity index (χ2v) is 7.57. The molecule has 1 aliphatic rings. The Morgan fingerprint density at radius 3 is 1.86 bits per heavy atom. The number of fused-ring (bicyclic) bond motifs is 1. The fourth-order valence-corrected chi connectivity index (χ4v) is 4.14. The third kappa shape index (κ3) is 2.62. The van der Waals surface area contributed by atoms with Crippen LogP contribution in [0.3, 0.4) is 0 Å². The summed E-state index contributed by atoms with van der Waals surface area (Å²) in [6.07, 6.45) is 0.670. The highest BCUT2D eigenvalue weighted by Crippen LogP contribution is 2.56. The topological polar surface area (TPSA) is 94.9 Å². The van der Waals surface area contributed by atoms with E-state index in [0.29, 0.717) is 11.1 Å². The third-order valence-corrected chi connectivity index (χ3v) is 6.70. The van der Waals surface area contributed by atoms with Gasteiger partial charge in [-0.25, -0.2) is 0 Å². The van der Waals surface area contributed by atoms with E-state index in [2.05, 4.69) is 0 Å². The van der Waals surface area contributed by atoms with Crippen molar-refractivity contribution < 1.29 is 23.9 Å². The molecule has 0 saturated heterocycles. The van der Waals surface area contributed by atoms with Crippen LogP contribution in [-0.4, -0.2) is 38.2 Å². The number of carbonyl (C=O) groups excluding carboxylic acids is 2. The van der Waals surface area contributed by atoms with E-state index in [0.717, 1.165) is 4.90 Å². The van der Waals surface area contributed by atoms with Gasteiger partial charge in [0.15, 0.2) is 0 Å². The van der Waals surface area contributed by atoms with E-state index >= 15 is 0 Å². The summed E-state index contributed by atoms with van der Waals surface area (Å²) in [7, 11) is -4.33. The zero-order chi connectivity index (χ0) is 16.5. The van der Waals surface area contributed by atoms with Crippen LogP contribution in [0.25, 0.3) is 0 Å². The number of nitrogens with zero attached hydrogens (tertiary/aromatic N) is 1. The monoisotopic (exact) mass is 325 g/mol.